The van der Waals surface area contributed by atoms with E-state index in [2.05, 4.69) is 31.0 Å². The van der Waals surface area contributed by atoms with Crippen LogP contribution in [0, 0.1) is 0 Å². The molecule has 1 aromatic carbocycles. The van der Waals surface area contributed by atoms with Gasteiger partial charge < -0.3 is 0 Å². The Kier molecular flexibility index (Phi) is 3.16. The Labute approximate surface area is 120 Å². The van der Waals surface area contributed by atoms with E-state index in [-0.39, 0.29) is 0 Å². The maximum atomic E-state index is 11.7. The van der Waals surface area contributed by atoms with Gasteiger partial charge in [0.2, 0.25) is 0 Å². The number of fused-ring (bicyclic) bond motifs is 1. The van der Waals surface area contributed by atoms with Crippen molar-refractivity contribution in [1.82, 2.24) is 19.7 Å². The summed E-state index contributed by atoms with van der Waals surface area (Å²) in [7, 11) is -1.16. The molecule has 0 saturated heterocycles. The van der Waals surface area contributed by atoms with Gasteiger partial charge in [-0.15, -0.1) is 0 Å². The first-order valence-corrected chi connectivity index (χ1v) is 7.81. The minimum atomic E-state index is -1.16. The molecule has 19 heavy (non-hydrogen) atoms. The zero-order valence-corrected chi connectivity index (χ0v) is 12.3. The molecule has 0 fully saturated rings. The molecule has 0 N–H and O–H groups in total. The summed E-state index contributed by atoms with van der Waals surface area (Å²) >= 11 is 3.29. The number of para-hydroxylation sites is 1. The van der Waals surface area contributed by atoms with Gasteiger partial charge in [0.25, 0.3) is 5.95 Å². The van der Waals surface area contributed by atoms with Gasteiger partial charge in [-0.05, 0) is 28.1 Å². The van der Waals surface area contributed by atoms with Crippen LogP contribution in [0.4, 0.5) is 0 Å². The second-order valence-corrected chi connectivity index (χ2v) is 6.10. The van der Waals surface area contributed by atoms with Crippen LogP contribution in [0.5, 0.6) is 0 Å². The monoisotopic (exact) mass is 336 g/mol. The zero-order chi connectivity index (χ0) is 13.4. The van der Waals surface area contributed by atoms with Crippen molar-refractivity contribution in [3.8, 4) is 5.95 Å². The van der Waals surface area contributed by atoms with Gasteiger partial charge in [0, 0.05) is 24.0 Å². The summed E-state index contributed by atoms with van der Waals surface area (Å²) in [6.07, 6.45) is 4.92. The summed E-state index contributed by atoms with van der Waals surface area (Å²) in [6.45, 7) is 0. The molecule has 0 amide bonds. The molecule has 0 saturated carbocycles. The maximum absolute atomic E-state index is 11.7. The maximum Gasteiger partial charge on any atom is 0.251 e. The molecular weight excluding hydrogens is 328 g/mol. The SMILES string of the molecule is CS(=O)c1nn(-c2ncc(Br)cn2)c2ccccc12. The highest BCUT2D eigenvalue weighted by Gasteiger charge is 2.15. The largest absolute Gasteiger partial charge is 0.253 e. The average molecular weight is 337 g/mol. The van der Waals surface area contributed by atoms with E-state index in [1.807, 2.05) is 24.3 Å². The van der Waals surface area contributed by atoms with Crippen molar-refractivity contribution in [2.24, 2.45) is 0 Å². The third-order valence-corrected chi connectivity index (χ3v) is 3.88. The number of hydrogen-bond acceptors (Lipinski definition) is 4. The van der Waals surface area contributed by atoms with Crippen molar-refractivity contribution >= 4 is 37.6 Å². The fourth-order valence-electron chi connectivity index (χ4n) is 1.82. The second kappa shape index (κ2) is 4.82. The van der Waals surface area contributed by atoms with Crippen LogP contribution >= 0.6 is 15.9 Å². The van der Waals surface area contributed by atoms with Crippen LogP contribution in [0.25, 0.3) is 16.9 Å². The number of nitrogens with zero attached hydrogens (tertiary/aromatic N) is 4. The number of aromatic nitrogens is 4. The third-order valence-electron chi connectivity index (χ3n) is 2.62. The van der Waals surface area contributed by atoms with E-state index in [0.717, 1.165) is 15.4 Å². The molecule has 96 valence electrons. The Morgan fingerprint density at radius 1 is 1.21 bits per heavy atom. The second-order valence-electron chi connectivity index (χ2n) is 3.89. The summed E-state index contributed by atoms with van der Waals surface area (Å²) in [5.74, 6) is 0.455. The van der Waals surface area contributed by atoms with Crippen molar-refractivity contribution in [3.05, 3.63) is 41.1 Å². The van der Waals surface area contributed by atoms with Crippen LogP contribution in [-0.2, 0) is 10.8 Å². The molecular formula is C12H9BrN4OS. The fourth-order valence-corrected chi connectivity index (χ4v) is 2.70. The molecule has 1 atom stereocenters. The lowest BCUT2D eigenvalue weighted by molar-refractivity contribution is 0.681. The standard InChI is InChI=1S/C12H9BrN4OS/c1-19(18)11-9-4-2-3-5-10(9)17(16-11)12-14-6-8(13)7-15-12/h2-7H,1H3. The molecule has 7 heteroatoms. The van der Waals surface area contributed by atoms with E-state index in [0.29, 0.717) is 11.0 Å². The van der Waals surface area contributed by atoms with Crippen LogP contribution in [0.2, 0.25) is 0 Å². The number of benzene rings is 1. The molecule has 1 unspecified atom stereocenters. The van der Waals surface area contributed by atoms with Crippen LogP contribution in [0.1, 0.15) is 0 Å². The van der Waals surface area contributed by atoms with Gasteiger partial charge >= 0.3 is 0 Å². The molecule has 2 aromatic heterocycles. The summed E-state index contributed by atoms with van der Waals surface area (Å²) < 4.78 is 14.2. The van der Waals surface area contributed by atoms with Gasteiger partial charge in [-0.3, -0.25) is 4.21 Å². The normalized spacial score (nSPS) is 12.7. The van der Waals surface area contributed by atoms with E-state index in [1.54, 1.807) is 23.3 Å². The molecule has 3 rings (SSSR count). The predicted octanol–water partition coefficient (Wildman–Crippen LogP) is 2.32. The molecule has 3 aromatic rings. The highest BCUT2D eigenvalue weighted by molar-refractivity contribution is 9.10. The lowest BCUT2D eigenvalue weighted by Crippen LogP contribution is -2.03. The highest BCUT2D eigenvalue weighted by Crippen LogP contribution is 2.22. The van der Waals surface area contributed by atoms with E-state index >= 15 is 0 Å². The van der Waals surface area contributed by atoms with Gasteiger partial charge in [0.05, 0.1) is 20.8 Å². The van der Waals surface area contributed by atoms with Gasteiger partial charge in [-0.25, -0.2) is 9.97 Å². The van der Waals surface area contributed by atoms with Crippen molar-refractivity contribution in [1.29, 1.82) is 0 Å². The Hall–Kier alpha value is -1.60. The van der Waals surface area contributed by atoms with Crippen molar-refractivity contribution < 1.29 is 4.21 Å². The molecule has 2 heterocycles. The van der Waals surface area contributed by atoms with Crippen molar-refractivity contribution in [2.75, 3.05) is 6.26 Å². The summed E-state index contributed by atoms with van der Waals surface area (Å²) in [5, 5.41) is 5.76. The Bertz CT molecular complexity index is 769. The Balaban J connectivity index is 2.29. The van der Waals surface area contributed by atoms with E-state index in [9.17, 15) is 4.21 Å². The summed E-state index contributed by atoms with van der Waals surface area (Å²) in [4.78, 5) is 8.43. The number of hydrogen-bond donors (Lipinski definition) is 0. The zero-order valence-electron chi connectivity index (χ0n) is 9.95. The lowest BCUT2D eigenvalue weighted by atomic mass is 10.2. The summed E-state index contributed by atoms with van der Waals surface area (Å²) in [6, 6.07) is 7.60. The first-order valence-electron chi connectivity index (χ1n) is 5.46. The van der Waals surface area contributed by atoms with Crippen LogP contribution in [-0.4, -0.2) is 30.2 Å². The van der Waals surface area contributed by atoms with E-state index in [4.69, 9.17) is 0 Å². The van der Waals surface area contributed by atoms with Crippen molar-refractivity contribution in [2.45, 2.75) is 5.03 Å². The molecule has 0 aliphatic carbocycles. The molecule has 0 spiro atoms. The van der Waals surface area contributed by atoms with Gasteiger partial charge in [0.1, 0.15) is 0 Å². The minimum Gasteiger partial charge on any atom is -0.253 e. The quantitative estimate of drug-likeness (QED) is 0.720. The summed E-state index contributed by atoms with van der Waals surface area (Å²) in [5.41, 5.74) is 0.843. The van der Waals surface area contributed by atoms with Gasteiger partial charge in [0.15, 0.2) is 5.03 Å². The first-order chi connectivity index (χ1) is 9.16. The molecule has 0 bridgehead atoms. The van der Waals surface area contributed by atoms with Crippen molar-refractivity contribution in [3.63, 3.8) is 0 Å². The third kappa shape index (κ3) is 2.19. The lowest BCUT2D eigenvalue weighted by Gasteiger charge is -2.00. The predicted molar refractivity (Wildman–Crippen MR) is 76.7 cm³/mol. The van der Waals surface area contributed by atoms with Crippen LogP contribution in [0.15, 0.2) is 46.2 Å². The average Bonchev–Trinajstić information content (AvgIpc) is 2.79. The van der Waals surface area contributed by atoms with Gasteiger partial charge in [-0.2, -0.15) is 9.78 Å². The van der Waals surface area contributed by atoms with Crippen LogP contribution in [0.3, 0.4) is 0 Å². The van der Waals surface area contributed by atoms with E-state index in [1.165, 1.54) is 0 Å². The highest BCUT2D eigenvalue weighted by atomic mass is 79.9. The smallest absolute Gasteiger partial charge is 0.251 e. The van der Waals surface area contributed by atoms with E-state index < -0.39 is 10.8 Å². The molecule has 0 aliphatic rings. The number of halogens is 1. The molecule has 5 nitrogen and oxygen atoms in total. The Morgan fingerprint density at radius 3 is 2.58 bits per heavy atom. The number of rotatable bonds is 2. The van der Waals surface area contributed by atoms with Crippen LogP contribution < -0.4 is 0 Å². The van der Waals surface area contributed by atoms with Gasteiger partial charge in [-0.1, -0.05) is 12.1 Å². The topological polar surface area (TPSA) is 60.7 Å². The molecule has 0 aliphatic heterocycles. The Morgan fingerprint density at radius 2 is 1.89 bits per heavy atom. The minimum absolute atomic E-state index is 0.455. The molecule has 0 radical (unpaired) electrons. The first kappa shape index (κ1) is 12.4. The fraction of sp³-hybridized carbons (Fsp3) is 0.0833.